The second-order valence-electron chi connectivity index (χ2n) is 6.78. The summed E-state index contributed by atoms with van der Waals surface area (Å²) in [5.41, 5.74) is 11.0. The lowest BCUT2D eigenvalue weighted by molar-refractivity contribution is 0.387. The molecule has 2 aromatic rings. The highest BCUT2D eigenvalue weighted by molar-refractivity contribution is 5.76. The minimum atomic E-state index is -0.0591. The number of hydrogen-bond acceptors (Lipinski definition) is 2. The molecule has 0 radical (unpaired) electrons. The van der Waals surface area contributed by atoms with Gasteiger partial charge in [0.25, 0.3) is 0 Å². The van der Waals surface area contributed by atoms with Crippen LogP contribution >= 0.6 is 0 Å². The Morgan fingerprint density at radius 3 is 2.19 bits per heavy atom. The first-order valence-electron chi connectivity index (χ1n) is 7.71. The molecule has 0 saturated heterocycles. The Bertz CT molecular complexity index is 625. The standard InChI is InChI=1S/C18H27N3/c1-7-9-14-20-16(17(19)21(14)18(4,5)6)15-12(2)10-8-11-13(15)3/h8,10-11H,7,9,19H2,1-6H3. The maximum atomic E-state index is 6.49. The number of nitrogens with two attached hydrogens (primary N) is 1. The minimum absolute atomic E-state index is 0.0591. The molecule has 3 heteroatoms. The van der Waals surface area contributed by atoms with Crippen molar-refractivity contribution in [3.05, 3.63) is 35.2 Å². The van der Waals surface area contributed by atoms with E-state index in [1.165, 1.54) is 16.7 Å². The van der Waals surface area contributed by atoms with E-state index in [1.807, 2.05) is 0 Å². The van der Waals surface area contributed by atoms with E-state index in [0.29, 0.717) is 0 Å². The van der Waals surface area contributed by atoms with E-state index in [2.05, 4.69) is 64.3 Å². The number of anilines is 1. The highest BCUT2D eigenvalue weighted by atomic mass is 15.2. The monoisotopic (exact) mass is 285 g/mol. The minimum Gasteiger partial charge on any atom is -0.383 e. The zero-order valence-electron chi connectivity index (χ0n) is 14.1. The molecule has 2 N–H and O–H groups in total. The predicted octanol–water partition coefficient (Wildman–Crippen LogP) is 4.46. The molecule has 2 rings (SSSR count). The van der Waals surface area contributed by atoms with E-state index in [4.69, 9.17) is 10.7 Å². The van der Waals surface area contributed by atoms with Crippen LogP contribution in [0.25, 0.3) is 11.3 Å². The fourth-order valence-electron chi connectivity index (χ4n) is 2.99. The lowest BCUT2D eigenvalue weighted by atomic mass is 10.00. The van der Waals surface area contributed by atoms with Crippen molar-refractivity contribution in [1.82, 2.24) is 9.55 Å². The van der Waals surface area contributed by atoms with Gasteiger partial charge in [0.05, 0.1) is 0 Å². The molecule has 0 spiro atoms. The largest absolute Gasteiger partial charge is 0.383 e. The number of nitrogen functional groups attached to an aromatic ring is 1. The average Bonchev–Trinajstić information content (AvgIpc) is 2.66. The van der Waals surface area contributed by atoms with E-state index in [-0.39, 0.29) is 5.54 Å². The maximum absolute atomic E-state index is 6.49. The molecular weight excluding hydrogens is 258 g/mol. The van der Waals surface area contributed by atoms with Crippen molar-refractivity contribution in [1.29, 1.82) is 0 Å². The number of nitrogens with zero attached hydrogens (tertiary/aromatic N) is 2. The molecule has 0 amide bonds. The summed E-state index contributed by atoms with van der Waals surface area (Å²) in [7, 11) is 0. The van der Waals surface area contributed by atoms with Gasteiger partial charge in [0.1, 0.15) is 17.3 Å². The third-order valence-electron chi connectivity index (χ3n) is 3.84. The fraction of sp³-hybridized carbons (Fsp3) is 0.500. The first kappa shape index (κ1) is 15.6. The average molecular weight is 285 g/mol. The summed E-state index contributed by atoms with van der Waals surface area (Å²) in [5, 5.41) is 0. The zero-order valence-corrected chi connectivity index (χ0v) is 14.1. The van der Waals surface area contributed by atoms with Crippen molar-refractivity contribution < 1.29 is 0 Å². The molecule has 0 aliphatic carbocycles. The smallest absolute Gasteiger partial charge is 0.132 e. The van der Waals surface area contributed by atoms with Crippen molar-refractivity contribution in [2.45, 2.75) is 59.9 Å². The predicted molar refractivity (Wildman–Crippen MR) is 90.5 cm³/mol. The Labute approximate surface area is 128 Å². The molecule has 1 aromatic carbocycles. The van der Waals surface area contributed by atoms with Crippen LogP contribution in [0.3, 0.4) is 0 Å². The second-order valence-corrected chi connectivity index (χ2v) is 6.78. The number of rotatable bonds is 3. The number of aryl methyl sites for hydroxylation is 3. The van der Waals surface area contributed by atoms with Crippen LogP contribution in [0.5, 0.6) is 0 Å². The first-order chi connectivity index (χ1) is 9.77. The van der Waals surface area contributed by atoms with Crippen LogP contribution in [-0.4, -0.2) is 9.55 Å². The molecule has 0 unspecified atom stereocenters. The summed E-state index contributed by atoms with van der Waals surface area (Å²) >= 11 is 0. The highest BCUT2D eigenvalue weighted by Crippen LogP contribution is 2.35. The first-order valence-corrected chi connectivity index (χ1v) is 7.71. The van der Waals surface area contributed by atoms with E-state index in [9.17, 15) is 0 Å². The molecule has 0 aliphatic heterocycles. The van der Waals surface area contributed by atoms with Gasteiger partial charge < -0.3 is 10.3 Å². The number of aromatic nitrogens is 2. The summed E-state index contributed by atoms with van der Waals surface area (Å²) in [6.45, 7) is 13.0. The Morgan fingerprint density at radius 2 is 1.71 bits per heavy atom. The van der Waals surface area contributed by atoms with Crippen molar-refractivity contribution in [3.8, 4) is 11.3 Å². The third kappa shape index (κ3) is 2.82. The van der Waals surface area contributed by atoms with Crippen LogP contribution in [-0.2, 0) is 12.0 Å². The summed E-state index contributed by atoms with van der Waals surface area (Å²) < 4.78 is 2.19. The van der Waals surface area contributed by atoms with Crippen molar-refractivity contribution in [2.75, 3.05) is 5.73 Å². The van der Waals surface area contributed by atoms with Crippen LogP contribution in [0.1, 0.15) is 51.1 Å². The van der Waals surface area contributed by atoms with Crippen LogP contribution in [0, 0.1) is 13.8 Å². The van der Waals surface area contributed by atoms with Gasteiger partial charge in [0.2, 0.25) is 0 Å². The van der Waals surface area contributed by atoms with Crippen molar-refractivity contribution in [3.63, 3.8) is 0 Å². The Kier molecular flexibility index (Phi) is 4.13. The lowest BCUT2D eigenvalue weighted by Crippen LogP contribution is -2.25. The lowest BCUT2D eigenvalue weighted by Gasteiger charge is -2.25. The van der Waals surface area contributed by atoms with Gasteiger partial charge >= 0.3 is 0 Å². The zero-order chi connectivity index (χ0) is 15.8. The van der Waals surface area contributed by atoms with Crippen molar-refractivity contribution >= 4 is 5.82 Å². The van der Waals surface area contributed by atoms with Crippen LogP contribution in [0.2, 0.25) is 0 Å². The number of imidazole rings is 1. The summed E-state index contributed by atoms with van der Waals surface area (Å²) in [5.74, 6) is 1.86. The molecule has 114 valence electrons. The molecule has 1 heterocycles. The molecule has 1 aromatic heterocycles. The summed E-state index contributed by atoms with van der Waals surface area (Å²) in [6, 6.07) is 6.33. The van der Waals surface area contributed by atoms with Crippen LogP contribution < -0.4 is 5.73 Å². The van der Waals surface area contributed by atoms with Gasteiger partial charge in [-0.25, -0.2) is 4.98 Å². The van der Waals surface area contributed by atoms with Gasteiger partial charge in [0, 0.05) is 17.5 Å². The number of benzene rings is 1. The SMILES string of the molecule is CCCc1nc(-c2c(C)cccc2C)c(N)n1C(C)(C)C. The van der Waals surface area contributed by atoms with Gasteiger partial charge in [-0.15, -0.1) is 0 Å². The van der Waals surface area contributed by atoms with E-state index >= 15 is 0 Å². The Hall–Kier alpha value is -1.77. The quantitative estimate of drug-likeness (QED) is 0.905. The third-order valence-corrected chi connectivity index (χ3v) is 3.84. The van der Waals surface area contributed by atoms with Gasteiger partial charge in [-0.1, -0.05) is 25.1 Å². The van der Waals surface area contributed by atoms with Gasteiger partial charge in [-0.2, -0.15) is 0 Å². The van der Waals surface area contributed by atoms with Crippen molar-refractivity contribution in [2.24, 2.45) is 0 Å². The molecule has 0 fully saturated rings. The molecule has 0 atom stereocenters. The van der Waals surface area contributed by atoms with E-state index in [1.54, 1.807) is 0 Å². The second kappa shape index (κ2) is 5.55. The molecule has 21 heavy (non-hydrogen) atoms. The van der Waals surface area contributed by atoms with Crippen LogP contribution in [0.4, 0.5) is 5.82 Å². The topological polar surface area (TPSA) is 43.8 Å². The number of hydrogen-bond donors (Lipinski definition) is 1. The van der Waals surface area contributed by atoms with E-state index in [0.717, 1.165) is 30.2 Å². The summed E-state index contributed by atoms with van der Waals surface area (Å²) in [6.07, 6.45) is 2.02. The Morgan fingerprint density at radius 1 is 1.14 bits per heavy atom. The molecule has 0 bridgehead atoms. The molecule has 0 aliphatic rings. The Balaban J connectivity index is 2.72. The van der Waals surface area contributed by atoms with Gasteiger partial charge in [0.15, 0.2) is 0 Å². The molecule has 3 nitrogen and oxygen atoms in total. The normalized spacial score (nSPS) is 11.9. The van der Waals surface area contributed by atoms with Gasteiger partial charge in [-0.05, 0) is 52.2 Å². The molecule has 0 saturated carbocycles. The van der Waals surface area contributed by atoms with E-state index < -0.39 is 0 Å². The molecular formula is C18H27N3. The fourth-order valence-corrected chi connectivity index (χ4v) is 2.99. The highest BCUT2D eigenvalue weighted by Gasteiger charge is 2.25. The summed E-state index contributed by atoms with van der Waals surface area (Å²) in [4.78, 5) is 4.90. The maximum Gasteiger partial charge on any atom is 0.132 e. The van der Waals surface area contributed by atoms with Gasteiger partial charge in [-0.3, -0.25) is 0 Å². The van der Waals surface area contributed by atoms with Crippen LogP contribution in [0.15, 0.2) is 18.2 Å².